The number of anilines is 2. The molecule has 1 fully saturated rings. The highest BCUT2D eigenvalue weighted by Gasteiger charge is 2.25. The Labute approximate surface area is 174 Å². The van der Waals surface area contributed by atoms with Crippen molar-refractivity contribution < 1.29 is 9.15 Å². The van der Waals surface area contributed by atoms with Gasteiger partial charge < -0.3 is 19.0 Å². The first-order valence-corrected chi connectivity index (χ1v) is 10.1. The second-order valence-corrected chi connectivity index (χ2v) is 7.42. The summed E-state index contributed by atoms with van der Waals surface area (Å²) in [5.41, 5.74) is 3.21. The lowest BCUT2D eigenvalue weighted by molar-refractivity contribution is 0.413. The molecule has 4 aromatic rings. The zero-order chi connectivity index (χ0) is 20.7. The van der Waals surface area contributed by atoms with E-state index in [0.29, 0.717) is 17.4 Å². The molecule has 5 rings (SSSR count). The first kappa shape index (κ1) is 18.5. The molecule has 0 amide bonds. The number of rotatable bonds is 4. The molecule has 0 bridgehead atoms. The average molecular weight is 404 g/mol. The molecule has 1 aliphatic rings. The van der Waals surface area contributed by atoms with Crippen molar-refractivity contribution in [3.05, 3.63) is 53.9 Å². The molecule has 0 unspecified atom stereocenters. The number of furan rings is 1. The molecular weight excluding hydrogens is 380 g/mol. The highest BCUT2D eigenvalue weighted by molar-refractivity contribution is 5.61. The van der Waals surface area contributed by atoms with Crippen LogP contribution in [0, 0.1) is 13.8 Å². The van der Waals surface area contributed by atoms with Gasteiger partial charge >= 0.3 is 0 Å². The third-order valence-electron chi connectivity index (χ3n) is 5.68. The van der Waals surface area contributed by atoms with Gasteiger partial charge in [-0.25, -0.2) is 4.98 Å². The Morgan fingerprint density at radius 1 is 0.933 bits per heavy atom. The molecule has 154 valence electrons. The molecule has 0 atom stereocenters. The van der Waals surface area contributed by atoms with Crippen molar-refractivity contribution in [2.24, 2.45) is 0 Å². The fourth-order valence-electron chi connectivity index (χ4n) is 4.00. The number of hydrogen-bond acceptors (Lipinski definition) is 7. The van der Waals surface area contributed by atoms with Gasteiger partial charge in [0.15, 0.2) is 5.76 Å². The number of fused-ring (bicyclic) bond motifs is 1. The molecular formula is C22H24N6O2. The van der Waals surface area contributed by atoms with E-state index in [9.17, 15) is 0 Å². The summed E-state index contributed by atoms with van der Waals surface area (Å²) < 4.78 is 12.9. The molecule has 3 aromatic heterocycles. The normalized spacial score (nSPS) is 14.5. The SMILES string of the molecule is COc1ccccc1N1CCN(c2c(C)c(C)nc3nc(-c4ccco4)nn23)CC1. The number of aryl methyl sites for hydroxylation is 1. The topological polar surface area (TPSA) is 71.9 Å². The summed E-state index contributed by atoms with van der Waals surface area (Å²) in [6.07, 6.45) is 1.63. The van der Waals surface area contributed by atoms with Crippen molar-refractivity contribution in [3.63, 3.8) is 0 Å². The lowest BCUT2D eigenvalue weighted by Crippen LogP contribution is -2.47. The fraction of sp³-hybridized carbons (Fsp3) is 0.318. The van der Waals surface area contributed by atoms with Gasteiger partial charge in [-0.2, -0.15) is 9.50 Å². The Morgan fingerprint density at radius 2 is 1.70 bits per heavy atom. The summed E-state index contributed by atoms with van der Waals surface area (Å²) in [6.45, 7) is 7.63. The molecule has 0 radical (unpaired) electrons. The van der Waals surface area contributed by atoms with E-state index < -0.39 is 0 Å². The third kappa shape index (κ3) is 3.04. The maximum atomic E-state index is 5.55. The van der Waals surface area contributed by atoms with E-state index in [-0.39, 0.29) is 0 Å². The molecule has 1 aromatic carbocycles. The van der Waals surface area contributed by atoms with Gasteiger partial charge in [0, 0.05) is 37.4 Å². The van der Waals surface area contributed by atoms with E-state index >= 15 is 0 Å². The van der Waals surface area contributed by atoms with Crippen LogP contribution in [0.3, 0.4) is 0 Å². The van der Waals surface area contributed by atoms with Gasteiger partial charge in [-0.05, 0) is 38.1 Å². The van der Waals surface area contributed by atoms with Crippen molar-refractivity contribution in [2.45, 2.75) is 13.8 Å². The van der Waals surface area contributed by atoms with Crippen LogP contribution in [0.25, 0.3) is 17.4 Å². The molecule has 1 aliphatic heterocycles. The van der Waals surface area contributed by atoms with Gasteiger partial charge in [0.1, 0.15) is 11.6 Å². The summed E-state index contributed by atoms with van der Waals surface area (Å²) in [6, 6.07) is 11.9. The van der Waals surface area contributed by atoms with Crippen molar-refractivity contribution in [1.82, 2.24) is 19.6 Å². The van der Waals surface area contributed by atoms with Crippen LogP contribution < -0.4 is 14.5 Å². The Hall–Kier alpha value is -3.55. The Kier molecular flexibility index (Phi) is 4.54. The number of methoxy groups -OCH3 is 1. The maximum Gasteiger partial charge on any atom is 0.255 e. The Morgan fingerprint density at radius 3 is 2.43 bits per heavy atom. The van der Waals surface area contributed by atoms with E-state index in [1.165, 1.54) is 0 Å². The predicted octanol–water partition coefficient (Wildman–Crippen LogP) is 3.34. The van der Waals surface area contributed by atoms with E-state index in [1.54, 1.807) is 13.4 Å². The van der Waals surface area contributed by atoms with E-state index in [0.717, 1.165) is 54.7 Å². The molecule has 0 saturated carbocycles. The van der Waals surface area contributed by atoms with Crippen LogP contribution in [0.1, 0.15) is 11.3 Å². The largest absolute Gasteiger partial charge is 0.495 e. The monoisotopic (exact) mass is 404 g/mol. The van der Waals surface area contributed by atoms with Crippen molar-refractivity contribution >= 4 is 17.3 Å². The number of piperazine rings is 1. The number of hydrogen-bond donors (Lipinski definition) is 0. The second-order valence-electron chi connectivity index (χ2n) is 7.42. The minimum atomic E-state index is 0.548. The quantitative estimate of drug-likeness (QED) is 0.517. The predicted molar refractivity (Wildman–Crippen MR) is 115 cm³/mol. The summed E-state index contributed by atoms with van der Waals surface area (Å²) in [4.78, 5) is 14.0. The van der Waals surface area contributed by atoms with Gasteiger partial charge in [0.05, 0.1) is 19.1 Å². The van der Waals surface area contributed by atoms with Gasteiger partial charge in [-0.15, -0.1) is 5.10 Å². The number of benzene rings is 1. The van der Waals surface area contributed by atoms with Crippen LogP contribution in [0.2, 0.25) is 0 Å². The first-order valence-electron chi connectivity index (χ1n) is 10.1. The molecule has 0 spiro atoms. The molecule has 30 heavy (non-hydrogen) atoms. The lowest BCUT2D eigenvalue weighted by atomic mass is 10.2. The highest BCUT2D eigenvalue weighted by Crippen LogP contribution is 2.31. The Bertz CT molecular complexity index is 1180. The zero-order valence-corrected chi connectivity index (χ0v) is 17.4. The number of ether oxygens (including phenoxy) is 1. The van der Waals surface area contributed by atoms with Crippen LogP contribution >= 0.6 is 0 Å². The smallest absolute Gasteiger partial charge is 0.255 e. The van der Waals surface area contributed by atoms with E-state index in [4.69, 9.17) is 14.3 Å². The summed E-state index contributed by atoms with van der Waals surface area (Å²) in [7, 11) is 1.72. The summed E-state index contributed by atoms with van der Waals surface area (Å²) in [5.74, 6) is 3.73. The summed E-state index contributed by atoms with van der Waals surface area (Å²) >= 11 is 0. The van der Waals surface area contributed by atoms with Crippen LogP contribution in [-0.2, 0) is 0 Å². The molecule has 8 nitrogen and oxygen atoms in total. The third-order valence-corrected chi connectivity index (χ3v) is 5.68. The van der Waals surface area contributed by atoms with Gasteiger partial charge in [-0.1, -0.05) is 12.1 Å². The number of aromatic nitrogens is 4. The Balaban J connectivity index is 1.47. The number of nitrogens with zero attached hydrogens (tertiary/aromatic N) is 6. The molecule has 1 saturated heterocycles. The van der Waals surface area contributed by atoms with Gasteiger partial charge in [0.25, 0.3) is 5.78 Å². The van der Waals surface area contributed by atoms with E-state index in [2.05, 4.69) is 38.8 Å². The van der Waals surface area contributed by atoms with Crippen LogP contribution in [0.4, 0.5) is 11.5 Å². The zero-order valence-electron chi connectivity index (χ0n) is 17.4. The average Bonchev–Trinajstić information content (AvgIpc) is 3.45. The van der Waals surface area contributed by atoms with E-state index in [1.807, 2.05) is 35.7 Å². The summed E-state index contributed by atoms with van der Waals surface area (Å²) in [5, 5.41) is 4.71. The molecule has 0 aliphatic carbocycles. The lowest BCUT2D eigenvalue weighted by Gasteiger charge is -2.38. The van der Waals surface area contributed by atoms with Gasteiger partial charge in [-0.3, -0.25) is 0 Å². The van der Waals surface area contributed by atoms with Crippen molar-refractivity contribution in [2.75, 3.05) is 43.1 Å². The first-order chi connectivity index (χ1) is 14.7. The van der Waals surface area contributed by atoms with Crippen molar-refractivity contribution in [3.8, 4) is 17.3 Å². The van der Waals surface area contributed by atoms with Crippen LogP contribution in [-0.4, -0.2) is 52.9 Å². The van der Waals surface area contributed by atoms with Gasteiger partial charge in [0.2, 0.25) is 5.82 Å². The highest BCUT2D eigenvalue weighted by atomic mass is 16.5. The minimum Gasteiger partial charge on any atom is -0.495 e. The number of para-hydroxylation sites is 2. The molecule has 4 heterocycles. The fourth-order valence-corrected chi connectivity index (χ4v) is 4.00. The van der Waals surface area contributed by atoms with Crippen LogP contribution in [0.5, 0.6) is 5.75 Å². The van der Waals surface area contributed by atoms with Crippen molar-refractivity contribution in [1.29, 1.82) is 0 Å². The minimum absolute atomic E-state index is 0.548. The molecule has 8 heteroatoms. The maximum absolute atomic E-state index is 5.55. The second kappa shape index (κ2) is 7.37. The van der Waals surface area contributed by atoms with Crippen LogP contribution in [0.15, 0.2) is 47.1 Å². The standard InChI is InChI=1S/C22H24N6O2/c1-15-16(2)23-22-24-20(19-9-6-14-30-19)25-28(22)21(15)27-12-10-26(11-13-27)17-7-4-5-8-18(17)29-3/h4-9,14H,10-13H2,1-3H3. The molecule has 0 N–H and O–H groups in total.